The van der Waals surface area contributed by atoms with E-state index in [0.717, 1.165) is 6.07 Å². The first kappa shape index (κ1) is 23.2. The molecule has 1 aromatic carbocycles. The summed E-state index contributed by atoms with van der Waals surface area (Å²) in [5.41, 5.74) is -1.17. The van der Waals surface area contributed by atoms with Gasteiger partial charge in [0, 0.05) is 17.8 Å². The molecule has 7 nitrogen and oxygen atoms in total. The topological polar surface area (TPSA) is 109 Å². The van der Waals surface area contributed by atoms with Crippen LogP contribution in [0.5, 0.6) is 0 Å². The van der Waals surface area contributed by atoms with Gasteiger partial charge >= 0.3 is 6.18 Å². The summed E-state index contributed by atoms with van der Waals surface area (Å²) in [5.74, 6) is -0.614. The van der Waals surface area contributed by atoms with Crippen molar-refractivity contribution in [3.63, 3.8) is 0 Å². The van der Waals surface area contributed by atoms with E-state index in [4.69, 9.17) is 0 Å². The Bertz CT molecular complexity index is 1060. The minimum Gasteiger partial charge on any atom is -0.324 e. The van der Waals surface area contributed by atoms with E-state index in [-0.39, 0.29) is 22.1 Å². The Morgan fingerprint density at radius 2 is 1.90 bits per heavy atom. The van der Waals surface area contributed by atoms with Crippen LogP contribution in [0.2, 0.25) is 0 Å². The number of pyridine rings is 1. The Balaban J connectivity index is 2.39. The third kappa shape index (κ3) is 5.07. The summed E-state index contributed by atoms with van der Waals surface area (Å²) < 4.78 is 38.6. The average Bonchev–Trinajstić information content (AvgIpc) is 2.61. The predicted octanol–water partition coefficient (Wildman–Crippen LogP) is 5.01. The number of nitrogens with one attached hydrogen (secondary N) is 1. The number of carbonyl (C=O) groups is 1. The van der Waals surface area contributed by atoms with E-state index in [1.807, 2.05) is 0 Å². The van der Waals surface area contributed by atoms with Gasteiger partial charge in [-0.1, -0.05) is 17.8 Å². The number of non-ortho nitro benzene ring substituents is 1. The summed E-state index contributed by atoms with van der Waals surface area (Å²) in [6, 6.07) is 6.27. The van der Waals surface area contributed by atoms with Crippen molar-refractivity contribution in [1.82, 2.24) is 4.98 Å². The number of anilines is 1. The van der Waals surface area contributed by atoms with Crippen molar-refractivity contribution in [1.29, 1.82) is 5.26 Å². The Kier molecular flexibility index (Phi) is 6.42. The fourth-order valence-electron chi connectivity index (χ4n) is 2.47. The maximum absolute atomic E-state index is 13.3. The molecule has 30 heavy (non-hydrogen) atoms. The average molecular weight is 438 g/mol. The molecule has 0 spiro atoms. The van der Waals surface area contributed by atoms with Gasteiger partial charge in [0.05, 0.1) is 26.5 Å². The van der Waals surface area contributed by atoms with E-state index in [9.17, 15) is 33.3 Å². The van der Waals surface area contributed by atoms with E-state index >= 15 is 0 Å². The highest BCUT2D eigenvalue weighted by molar-refractivity contribution is 8.01. The number of nitro groups is 1. The molecule has 0 bridgehead atoms. The van der Waals surface area contributed by atoms with E-state index in [2.05, 4.69) is 10.3 Å². The number of nitro benzene ring substituents is 1. The second-order valence-corrected chi connectivity index (χ2v) is 8.54. The van der Waals surface area contributed by atoms with Crippen LogP contribution in [0.4, 0.5) is 24.5 Å². The Labute approximate surface area is 174 Å². The van der Waals surface area contributed by atoms with Crippen molar-refractivity contribution in [3.05, 3.63) is 56.8 Å². The van der Waals surface area contributed by atoms with Gasteiger partial charge < -0.3 is 5.32 Å². The lowest BCUT2D eigenvalue weighted by atomic mass is 10.1. The van der Waals surface area contributed by atoms with Gasteiger partial charge in [-0.15, -0.1) is 0 Å². The fraction of sp³-hybridized carbons (Fsp3) is 0.316. The molecule has 1 aromatic heterocycles. The van der Waals surface area contributed by atoms with Crippen LogP contribution in [0.15, 0.2) is 29.3 Å². The van der Waals surface area contributed by atoms with Crippen LogP contribution in [0.3, 0.4) is 0 Å². The van der Waals surface area contributed by atoms with Crippen LogP contribution >= 0.6 is 11.8 Å². The minimum atomic E-state index is -4.75. The zero-order valence-corrected chi connectivity index (χ0v) is 17.2. The molecule has 0 atom stereocenters. The quantitative estimate of drug-likeness (QED) is 0.399. The lowest BCUT2D eigenvalue weighted by Crippen LogP contribution is -2.34. The second-order valence-electron chi connectivity index (χ2n) is 6.92. The van der Waals surface area contributed by atoms with Crippen LogP contribution < -0.4 is 5.32 Å². The first-order valence-corrected chi connectivity index (χ1v) is 9.32. The first-order chi connectivity index (χ1) is 13.8. The van der Waals surface area contributed by atoms with Crippen LogP contribution in [0.1, 0.15) is 36.2 Å². The third-order valence-corrected chi connectivity index (χ3v) is 5.29. The van der Waals surface area contributed by atoms with Crippen molar-refractivity contribution >= 4 is 29.0 Å². The number of rotatable bonds is 5. The molecule has 1 amide bonds. The highest BCUT2D eigenvalue weighted by Gasteiger charge is 2.38. The summed E-state index contributed by atoms with van der Waals surface area (Å²) in [4.78, 5) is 27.2. The smallest absolute Gasteiger partial charge is 0.324 e. The molecule has 2 aromatic rings. The number of hydrogen-bond acceptors (Lipinski definition) is 6. The number of carbonyl (C=O) groups excluding carboxylic acids is 1. The van der Waals surface area contributed by atoms with E-state index in [1.165, 1.54) is 45.0 Å². The van der Waals surface area contributed by atoms with Crippen LogP contribution in [-0.4, -0.2) is 20.6 Å². The van der Waals surface area contributed by atoms with Gasteiger partial charge in [-0.2, -0.15) is 18.4 Å². The van der Waals surface area contributed by atoms with Gasteiger partial charge in [-0.05, 0) is 39.3 Å². The van der Waals surface area contributed by atoms with Gasteiger partial charge in [0.25, 0.3) is 5.69 Å². The highest BCUT2D eigenvalue weighted by Crippen LogP contribution is 2.40. The normalized spacial score (nSPS) is 11.7. The molecule has 11 heteroatoms. The van der Waals surface area contributed by atoms with Gasteiger partial charge in [0.2, 0.25) is 5.91 Å². The lowest BCUT2D eigenvalue weighted by Gasteiger charge is -2.24. The van der Waals surface area contributed by atoms with Crippen molar-refractivity contribution in [3.8, 4) is 6.07 Å². The first-order valence-electron chi connectivity index (χ1n) is 8.50. The van der Waals surface area contributed by atoms with Crippen molar-refractivity contribution in [2.45, 2.75) is 43.6 Å². The molecule has 0 aliphatic rings. The van der Waals surface area contributed by atoms with E-state index in [1.54, 1.807) is 6.92 Å². The Morgan fingerprint density at radius 1 is 1.27 bits per heavy atom. The zero-order valence-electron chi connectivity index (χ0n) is 16.4. The minimum absolute atomic E-state index is 0.0505. The number of hydrogen-bond donors (Lipinski definition) is 1. The van der Waals surface area contributed by atoms with E-state index < -0.39 is 32.9 Å². The third-order valence-electron chi connectivity index (χ3n) is 4.11. The molecular weight excluding hydrogens is 421 g/mol. The largest absolute Gasteiger partial charge is 0.417 e. The molecule has 0 radical (unpaired) electrons. The van der Waals surface area contributed by atoms with Crippen LogP contribution in [0, 0.1) is 35.3 Å². The van der Waals surface area contributed by atoms with Gasteiger partial charge in [0.15, 0.2) is 0 Å². The molecule has 1 N–H and O–H groups in total. The van der Waals surface area contributed by atoms with E-state index in [0.29, 0.717) is 17.3 Å². The molecule has 0 unspecified atom stereocenters. The number of nitrogens with zero attached hydrogens (tertiary/aromatic N) is 3. The highest BCUT2D eigenvalue weighted by atomic mass is 32.2. The van der Waals surface area contributed by atoms with Gasteiger partial charge in [-0.3, -0.25) is 14.9 Å². The van der Waals surface area contributed by atoms with Crippen molar-refractivity contribution in [2.24, 2.45) is 0 Å². The van der Waals surface area contributed by atoms with Crippen molar-refractivity contribution in [2.75, 3.05) is 5.32 Å². The number of alkyl halides is 3. The number of aryl methyl sites for hydroxylation is 2. The molecule has 158 valence electrons. The summed E-state index contributed by atoms with van der Waals surface area (Å²) in [7, 11) is 0. The molecule has 0 saturated heterocycles. The maximum atomic E-state index is 13.3. The van der Waals surface area contributed by atoms with Crippen molar-refractivity contribution < 1.29 is 22.9 Å². The number of amides is 1. The molecule has 0 aliphatic carbocycles. The molecule has 2 rings (SSSR count). The van der Waals surface area contributed by atoms with Crippen LogP contribution in [0.25, 0.3) is 0 Å². The summed E-state index contributed by atoms with van der Waals surface area (Å²) in [6.07, 6.45) is -4.75. The second kappa shape index (κ2) is 8.31. The SMILES string of the molecule is Cc1cc(C(F)(F)F)c(C#N)c(SC(C)(C)C(=O)Nc2cc([N+](=O)[O-])ccc2C)n1. The van der Waals surface area contributed by atoms with Crippen LogP contribution in [-0.2, 0) is 11.0 Å². The number of benzene rings is 1. The predicted molar refractivity (Wildman–Crippen MR) is 105 cm³/mol. The number of nitriles is 1. The lowest BCUT2D eigenvalue weighted by molar-refractivity contribution is -0.384. The molecule has 1 heterocycles. The number of thioether (sulfide) groups is 1. The summed E-state index contributed by atoms with van der Waals surface area (Å²) >= 11 is 0.706. The van der Waals surface area contributed by atoms with Gasteiger partial charge in [0.1, 0.15) is 11.1 Å². The molecule has 0 aliphatic heterocycles. The standard InChI is InChI=1S/C19H17F3N4O3S/c1-10-5-6-12(26(28)29)8-15(10)25-17(27)18(3,4)30-16-13(9-23)14(19(20,21)22)7-11(2)24-16/h5-8H,1-4H3,(H,25,27). The maximum Gasteiger partial charge on any atom is 0.417 e. The molecular formula is C19H17F3N4O3S. The zero-order chi connectivity index (χ0) is 22.9. The monoisotopic (exact) mass is 438 g/mol. The number of aromatic nitrogens is 1. The number of halogens is 3. The Hall–Kier alpha value is -3.13. The Morgan fingerprint density at radius 3 is 2.43 bits per heavy atom. The molecule has 0 fully saturated rings. The fourth-order valence-corrected chi connectivity index (χ4v) is 3.54. The van der Waals surface area contributed by atoms with Gasteiger partial charge in [-0.25, -0.2) is 4.98 Å². The summed E-state index contributed by atoms with van der Waals surface area (Å²) in [5, 5.41) is 22.6. The summed E-state index contributed by atoms with van der Waals surface area (Å²) in [6.45, 7) is 5.92. The molecule has 0 saturated carbocycles.